The molecule has 2 aliphatic heterocycles. The van der Waals surface area contributed by atoms with Crippen LogP contribution in [0.15, 0.2) is 60.7 Å². The molecule has 0 aliphatic carbocycles. The molecule has 1 saturated heterocycles. The van der Waals surface area contributed by atoms with E-state index in [-0.39, 0.29) is 29.0 Å². The highest BCUT2D eigenvalue weighted by Gasteiger charge is 2.34. The lowest BCUT2D eigenvalue weighted by molar-refractivity contribution is 0.0917. The quantitative estimate of drug-likeness (QED) is 0.341. The predicted molar refractivity (Wildman–Crippen MR) is 146 cm³/mol. The number of hydrogen-bond donors (Lipinski definition) is 2. The van der Waals surface area contributed by atoms with E-state index in [2.05, 4.69) is 15.6 Å². The van der Waals surface area contributed by atoms with Gasteiger partial charge in [0.15, 0.2) is 0 Å². The van der Waals surface area contributed by atoms with Gasteiger partial charge in [-0.05, 0) is 75.2 Å². The summed E-state index contributed by atoms with van der Waals surface area (Å²) in [4.78, 5) is 35.1. The number of nitrogens with one attached hydrogen (secondary N) is 2. The molecule has 2 N–H and O–H groups in total. The van der Waals surface area contributed by atoms with Crippen LogP contribution in [-0.4, -0.2) is 47.9 Å². The van der Waals surface area contributed by atoms with Crippen LogP contribution in [0, 0.1) is 6.92 Å². The lowest BCUT2D eigenvalue weighted by Gasteiger charge is -2.31. The van der Waals surface area contributed by atoms with Crippen molar-refractivity contribution < 1.29 is 25.3 Å². The molecule has 0 spiro atoms. The van der Waals surface area contributed by atoms with Crippen LogP contribution in [-0.2, 0) is 0 Å². The zero-order valence-corrected chi connectivity index (χ0v) is 20.6. The number of anilines is 3. The van der Waals surface area contributed by atoms with Gasteiger partial charge in [0.2, 0.25) is 0 Å². The first-order chi connectivity index (χ1) is 21.3. The number of carbonyl (C=O) groups is 2. The summed E-state index contributed by atoms with van der Waals surface area (Å²) in [5.74, 6) is -0.523. The highest BCUT2D eigenvalue weighted by molar-refractivity contribution is 7.21. The van der Waals surface area contributed by atoms with Crippen molar-refractivity contribution in [3.63, 3.8) is 0 Å². The van der Waals surface area contributed by atoms with Gasteiger partial charge in [0, 0.05) is 22.9 Å². The van der Waals surface area contributed by atoms with Crippen LogP contribution in [0.1, 0.15) is 39.0 Å². The fraction of sp³-hybridized carbons (Fsp3) is 0.250. The molecular formula is C28H27N5O3S. The average molecular weight is 522 g/mol. The van der Waals surface area contributed by atoms with Crippen molar-refractivity contribution in [2.24, 2.45) is 0 Å². The number of pyridine rings is 1. The van der Waals surface area contributed by atoms with Gasteiger partial charge in [0.1, 0.15) is 21.2 Å². The predicted octanol–water partition coefficient (Wildman–Crippen LogP) is 5.90. The molecule has 2 aromatic carbocycles. The van der Waals surface area contributed by atoms with E-state index < -0.39 is 49.1 Å². The molecule has 6 rings (SSSR count). The molecule has 4 aromatic rings. The second-order valence-electron chi connectivity index (χ2n) is 8.85. The molecule has 0 radical (unpaired) electrons. The second kappa shape index (κ2) is 9.49. The van der Waals surface area contributed by atoms with Crippen LogP contribution >= 0.6 is 11.3 Å². The maximum absolute atomic E-state index is 13.6. The Morgan fingerprint density at radius 2 is 2.11 bits per heavy atom. The van der Waals surface area contributed by atoms with Crippen molar-refractivity contribution in [3.8, 4) is 11.5 Å². The van der Waals surface area contributed by atoms with E-state index >= 15 is 0 Å². The minimum absolute atomic E-state index is 0.196. The van der Waals surface area contributed by atoms with Gasteiger partial charge >= 0.3 is 6.03 Å². The van der Waals surface area contributed by atoms with Crippen molar-refractivity contribution in [1.82, 2.24) is 15.2 Å². The number of likely N-dealkylation sites (N-methyl/N-ethyl adjacent to an activating group) is 1. The largest absolute Gasteiger partial charge is 0.457 e. The van der Waals surface area contributed by atoms with Crippen LogP contribution < -0.4 is 20.3 Å². The number of likely N-dealkylation sites (tertiary alicyclic amines) is 1. The zero-order valence-electron chi connectivity index (χ0n) is 27.8. The molecular weight excluding hydrogens is 486 g/mol. The molecule has 37 heavy (non-hydrogen) atoms. The Labute approximate surface area is 230 Å². The standard InChI is InChI=1S/C28H27N5O3S/c1-17-15-20(36-19-8-4-3-5-9-19)10-11-21(17)33-22-12-13-29-27-23(22)24(31-28(33)35)25(37-27)26(34)30-18-7-6-14-32(2)16-18/h3-5,8-13,15,18H,6-7,14,16H2,1-2H3,(H,30,34)(H,31,35)/i2D3,3D,4D,5D,8D,9D. The van der Waals surface area contributed by atoms with Gasteiger partial charge < -0.3 is 20.3 Å². The van der Waals surface area contributed by atoms with Crippen LogP contribution in [0.5, 0.6) is 11.5 Å². The molecule has 0 bridgehead atoms. The number of aromatic nitrogens is 1. The minimum Gasteiger partial charge on any atom is -0.457 e. The van der Waals surface area contributed by atoms with Gasteiger partial charge in [-0.3, -0.25) is 9.69 Å². The number of aryl methyl sites for hydroxylation is 1. The highest BCUT2D eigenvalue weighted by Crippen LogP contribution is 2.46. The second-order valence-corrected chi connectivity index (χ2v) is 9.84. The van der Waals surface area contributed by atoms with Crippen LogP contribution in [0.3, 0.4) is 0 Å². The normalized spacial score (nSPS) is 20.9. The third kappa shape index (κ3) is 4.41. The van der Waals surface area contributed by atoms with Crippen LogP contribution in [0.25, 0.3) is 10.2 Å². The summed E-state index contributed by atoms with van der Waals surface area (Å²) < 4.78 is 68.6. The first-order valence-corrected chi connectivity index (χ1v) is 12.5. The number of hydrogen-bond acceptors (Lipinski definition) is 6. The van der Waals surface area contributed by atoms with Crippen molar-refractivity contribution in [2.45, 2.75) is 25.8 Å². The first-order valence-electron chi connectivity index (χ1n) is 15.7. The van der Waals surface area contributed by atoms with E-state index in [1.807, 2.05) is 0 Å². The van der Waals surface area contributed by atoms with Gasteiger partial charge in [-0.15, -0.1) is 11.3 Å². The smallest absolute Gasteiger partial charge is 0.331 e. The Balaban J connectivity index is 1.30. The highest BCUT2D eigenvalue weighted by atomic mass is 32.1. The summed E-state index contributed by atoms with van der Waals surface area (Å²) in [6.45, 7) is 0.119. The van der Waals surface area contributed by atoms with Crippen molar-refractivity contribution in [3.05, 3.63) is 71.1 Å². The van der Waals surface area contributed by atoms with Crippen LogP contribution in [0.4, 0.5) is 21.9 Å². The Hall–Kier alpha value is -3.95. The van der Waals surface area contributed by atoms with Crippen molar-refractivity contribution in [1.29, 1.82) is 0 Å². The summed E-state index contributed by atoms with van der Waals surface area (Å²) in [5, 5.41) is 6.37. The minimum atomic E-state index is -2.24. The molecule has 3 amide bonds. The van der Waals surface area contributed by atoms with Crippen LogP contribution in [0.2, 0.25) is 0 Å². The maximum Gasteiger partial charge on any atom is 0.331 e. The van der Waals surface area contributed by atoms with Gasteiger partial charge in [-0.2, -0.15) is 0 Å². The summed E-state index contributed by atoms with van der Waals surface area (Å²) in [7, 11) is 0. The summed E-state index contributed by atoms with van der Waals surface area (Å²) in [5.41, 5.74) is 1.91. The van der Waals surface area contributed by atoms with E-state index in [1.54, 1.807) is 31.3 Å². The molecule has 188 valence electrons. The topological polar surface area (TPSA) is 86.8 Å². The van der Waals surface area contributed by atoms with E-state index in [1.165, 1.54) is 15.9 Å². The molecule has 4 heterocycles. The fourth-order valence-electron chi connectivity index (χ4n) is 4.68. The lowest BCUT2D eigenvalue weighted by atomic mass is 10.1. The van der Waals surface area contributed by atoms with Gasteiger partial charge in [0.05, 0.1) is 29.3 Å². The molecule has 9 heteroatoms. The van der Waals surface area contributed by atoms with Crippen molar-refractivity contribution in [2.75, 3.05) is 30.3 Å². The van der Waals surface area contributed by atoms with Crippen molar-refractivity contribution >= 4 is 50.6 Å². The Bertz CT molecular complexity index is 1850. The fourth-order valence-corrected chi connectivity index (χ4v) is 5.70. The Kier molecular flexibility index (Phi) is 4.11. The van der Waals surface area contributed by atoms with Gasteiger partial charge in [0.25, 0.3) is 5.91 Å². The van der Waals surface area contributed by atoms with Gasteiger partial charge in [-0.1, -0.05) is 18.1 Å². The lowest BCUT2D eigenvalue weighted by Crippen LogP contribution is -2.46. The summed E-state index contributed by atoms with van der Waals surface area (Å²) in [6, 6.07) is 3.05. The molecule has 2 aromatic heterocycles. The monoisotopic (exact) mass is 521 g/mol. The van der Waals surface area contributed by atoms with E-state index in [4.69, 9.17) is 15.7 Å². The number of rotatable bonds is 5. The number of piperidine rings is 1. The third-order valence-corrected chi connectivity index (χ3v) is 7.41. The number of carbonyl (C=O) groups excluding carboxylic acids is 2. The van der Waals surface area contributed by atoms with E-state index in [0.29, 0.717) is 52.2 Å². The molecule has 0 saturated carbocycles. The molecule has 8 nitrogen and oxygen atoms in total. The molecule has 1 fully saturated rings. The number of thiophene rings is 1. The number of benzene rings is 2. The number of urea groups is 1. The average Bonchev–Trinajstić information content (AvgIpc) is 3.37. The van der Waals surface area contributed by atoms with E-state index in [0.717, 1.165) is 11.3 Å². The summed E-state index contributed by atoms with van der Waals surface area (Å²) >= 11 is 1.13. The zero-order chi connectivity index (χ0) is 32.4. The molecule has 1 atom stereocenters. The Morgan fingerprint density at radius 3 is 2.92 bits per heavy atom. The maximum atomic E-state index is 13.6. The number of nitrogens with zero attached hydrogens (tertiary/aromatic N) is 3. The Morgan fingerprint density at radius 1 is 1.24 bits per heavy atom. The first kappa shape index (κ1) is 16.0. The number of amides is 3. The van der Waals surface area contributed by atoms with E-state index in [9.17, 15) is 9.59 Å². The number of ether oxygens (including phenoxy) is 1. The molecule has 1 unspecified atom stereocenters. The molecule has 2 aliphatic rings. The number of para-hydroxylation sites is 1. The SMILES string of the molecule is [2H]c1c([2H])c([2H])c(Oc2ccc(N3C(=O)Nc4c(C(=O)NC5CCCN(C([2H])([2H])[2H])C5)sc5nccc3c45)c(C)c2)c([2H])c1[2H]. The third-order valence-electron chi connectivity index (χ3n) is 6.31. The summed E-state index contributed by atoms with van der Waals surface area (Å²) in [6.07, 6.45) is 2.81. The van der Waals surface area contributed by atoms with Gasteiger partial charge in [-0.25, -0.2) is 9.78 Å².